The normalized spacial score (nSPS) is 14.5. The van der Waals surface area contributed by atoms with Crippen molar-refractivity contribution >= 4 is 5.91 Å². The Kier molecular flexibility index (Phi) is 5.01. The zero-order valence-corrected chi connectivity index (χ0v) is 9.59. The van der Waals surface area contributed by atoms with E-state index in [9.17, 15) is 4.79 Å². The van der Waals surface area contributed by atoms with E-state index in [4.69, 9.17) is 21.1 Å². The van der Waals surface area contributed by atoms with Crippen molar-refractivity contribution in [3.05, 3.63) is 11.7 Å². The van der Waals surface area contributed by atoms with E-state index in [0.29, 0.717) is 12.2 Å². The third-order valence-electron chi connectivity index (χ3n) is 2.27. The SMILES string of the molecule is CN[C@@H](CCO)c1noc([C@@H](N)CC(N)=O)n1. The maximum absolute atomic E-state index is 10.7. The van der Waals surface area contributed by atoms with E-state index in [-0.39, 0.29) is 25.0 Å². The number of primary amides is 1. The lowest BCUT2D eigenvalue weighted by atomic mass is 10.2. The molecule has 0 aromatic carbocycles. The smallest absolute Gasteiger partial charge is 0.244 e. The summed E-state index contributed by atoms with van der Waals surface area (Å²) in [5.41, 5.74) is 10.7. The first-order chi connectivity index (χ1) is 8.08. The highest BCUT2D eigenvalue weighted by atomic mass is 16.5. The Bertz CT molecular complexity index is 367. The van der Waals surface area contributed by atoms with Gasteiger partial charge in [-0.2, -0.15) is 4.98 Å². The molecule has 96 valence electrons. The molecule has 8 nitrogen and oxygen atoms in total. The minimum Gasteiger partial charge on any atom is -0.396 e. The summed E-state index contributed by atoms with van der Waals surface area (Å²) in [7, 11) is 1.72. The molecule has 1 heterocycles. The van der Waals surface area contributed by atoms with Gasteiger partial charge in [0.1, 0.15) is 0 Å². The highest BCUT2D eigenvalue weighted by molar-refractivity contribution is 5.74. The Hall–Kier alpha value is -1.51. The molecule has 0 bridgehead atoms. The Morgan fingerprint density at radius 2 is 2.35 bits per heavy atom. The van der Waals surface area contributed by atoms with Crippen molar-refractivity contribution in [1.82, 2.24) is 15.5 Å². The molecule has 0 saturated carbocycles. The van der Waals surface area contributed by atoms with Crippen LogP contribution in [-0.4, -0.2) is 34.8 Å². The van der Waals surface area contributed by atoms with Gasteiger partial charge < -0.3 is 26.4 Å². The maximum atomic E-state index is 10.7. The number of aromatic nitrogens is 2. The summed E-state index contributed by atoms with van der Waals surface area (Å²) in [5.74, 6) is 0.0336. The summed E-state index contributed by atoms with van der Waals surface area (Å²) in [6.07, 6.45) is 0.409. The van der Waals surface area contributed by atoms with Gasteiger partial charge in [0.2, 0.25) is 11.8 Å². The first kappa shape index (κ1) is 13.6. The number of amides is 1. The van der Waals surface area contributed by atoms with Crippen LogP contribution in [0.25, 0.3) is 0 Å². The average Bonchev–Trinajstić information content (AvgIpc) is 2.74. The standard InChI is InChI=1S/C9H17N5O3/c1-12-6(2-3-15)8-13-9(17-14-8)5(10)4-7(11)16/h5-6,12,15H,2-4,10H2,1H3,(H2,11,16)/t5-,6-/m0/s1. The molecule has 0 fully saturated rings. The van der Waals surface area contributed by atoms with Crippen LogP contribution in [-0.2, 0) is 4.79 Å². The van der Waals surface area contributed by atoms with Crippen LogP contribution >= 0.6 is 0 Å². The average molecular weight is 243 g/mol. The van der Waals surface area contributed by atoms with Crippen molar-refractivity contribution in [2.75, 3.05) is 13.7 Å². The van der Waals surface area contributed by atoms with E-state index in [2.05, 4.69) is 15.5 Å². The predicted molar refractivity (Wildman–Crippen MR) is 58.5 cm³/mol. The van der Waals surface area contributed by atoms with Gasteiger partial charge in [-0.15, -0.1) is 0 Å². The lowest BCUT2D eigenvalue weighted by Crippen LogP contribution is -2.22. The van der Waals surface area contributed by atoms with E-state index < -0.39 is 11.9 Å². The van der Waals surface area contributed by atoms with E-state index in [1.165, 1.54) is 0 Å². The number of carbonyl (C=O) groups is 1. The van der Waals surface area contributed by atoms with Crippen LogP contribution in [0, 0.1) is 0 Å². The van der Waals surface area contributed by atoms with Gasteiger partial charge in [0.25, 0.3) is 0 Å². The van der Waals surface area contributed by atoms with Crippen LogP contribution in [0.2, 0.25) is 0 Å². The summed E-state index contributed by atoms with van der Waals surface area (Å²) < 4.78 is 4.94. The number of nitrogens with zero attached hydrogens (tertiary/aromatic N) is 2. The van der Waals surface area contributed by atoms with Crippen molar-refractivity contribution in [2.45, 2.75) is 24.9 Å². The minimum absolute atomic E-state index is 0.00270. The molecule has 0 aliphatic heterocycles. The number of hydrogen-bond acceptors (Lipinski definition) is 7. The number of nitrogens with one attached hydrogen (secondary N) is 1. The van der Waals surface area contributed by atoms with Gasteiger partial charge in [-0.05, 0) is 13.5 Å². The molecule has 0 spiro atoms. The van der Waals surface area contributed by atoms with E-state index in [0.717, 1.165) is 0 Å². The van der Waals surface area contributed by atoms with Crippen LogP contribution in [0.1, 0.15) is 36.6 Å². The van der Waals surface area contributed by atoms with Crippen molar-refractivity contribution in [1.29, 1.82) is 0 Å². The number of aliphatic hydroxyl groups excluding tert-OH is 1. The highest BCUT2D eigenvalue weighted by Crippen LogP contribution is 2.16. The Morgan fingerprint density at radius 3 is 2.88 bits per heavy atom. The molecule has 0 unspecified atom stereocenters. The van der Waals surface area contributed by atoms with Crippen LogP contribution in [0.4, 0.5) is 0 Å². The predicted octanol–water partition coefficient (Wildman–Crippen LogP) is -1.41. The molecule has 0 aliphatic carbocycles. The molecule has 0 aliphatic rings. The summed E-state index contributed by atoms with van der Waals surface area (Å²) in [6, 6.07) is -0.904. The van der Waals surface area contributed by atoms with Crippen LogP contribution in [0.3, 0.4) is 0 Å². The largest absolute Gasteiger partial charge is 0.396 e. The molecular formula is C9H17N5O3. The lowest BCUT2D eigenvalue weighted by molar-refractivity contribution is -0.118. The quantitative estimate of drug-likeness (QED) is 0.461. The first-order valence-electron chi connectivity index (χ1n) is 5.24. The third kappa shape index (κ3) is 3.77. The van der Waals surface area contributed by atoms with Crippen molar-refractivity contribution in [2.24, 2.45) is 11.5 Å². The van der Waals surface area contributed by atoms with E-state index in [1.54, 1.807) is 7.05 Å². The first-order valence-corrected chi connectivity index (χ1v) is 5.24. The van der Waals surface area contributed by atoms with Gasteiger partial charge in [0, 0.05) is 6.61 Å². The van der Waals surface area contributed by atoms with Crippen molar-refractivity contribution < 1.29 is 14.4 Å². The Balaban J connectivity index is 2.72. The Morgan fingerprint density at radius 1 is 1.65 bits per heavy atom. The molecule has 8 heteroatoms. The fraction of sp³-hybridized carbons (Fsp3) is 0.667. The molecule has 1 rings (SSSR count). The second kappa shape index (κ2) is 6.28. The maximum Gasteiger partial charge on any atom is 0.244 e. The van der Waals surface area contributed by atoms with Crippen molar-refractivity contribution in [3.63, 3.8) is 0 Å². The molecular weight excluding hydrogens is 226 g/mol. The molecule has 1 aromatic heterocycles. The number of nitrogens with two attached hydrogens (primary N) is 2. The minimum atomic E-state index is -0.694. The summed E-state index contributed by atoms with van der Waals surface area (Å²) in [6.45, 7) is 0.00270. The molecule has 1 aromatic rings. The lowest BCUT2D eigenvalue weighted by Gasteiger charge is -2.09. The number of rotatable bonds is 7. The third-order valence-corrected chi connectivity index (χ3v) is 2.27. The molecule has 2 atom stereocenters. The van der Waals surface area contributed by atoms with Crippen LogP contribution < -0.4 is 16.8 Å². The Labute approximate surface area is 98.4 Å². The molecule has 0 radical (unpaired) electrons. The van der Waals surface area contributed by atoms with Crippen molar-refractivity contribution in [3.8, 4) is 0 Å². The monoisotopic (exact) mass is 243 g/mol. The van der Waals surface area contributed by atoms with E-state index >= 15 is 0 Å². The highest BCUT2D eigenvalue weighted by Gasteiger charge is 2.20. The number of carbonyl (C=O) groups excluding carboxylic acids is 1. The summed E-state index contributed by atoms with van der Waals surface area (Å²) in [4.78, 5) is 14.8. The van der Waals surface area contributed by atoms with Gasteiger partial charge >= 0.3 is 0 Å². The fourth-order valence-electron chi connectivity index (χ4n) is 1.38. The molecule has 1 amide bonds. The summed E-state index contributed by atoms with van der Waals surface area (Å²) >= 11 is 0. The van der Waals surface area contributed by atoms with Gasteiger partial charge in [0.15, 0.2) is 5.82 Å². The molecule has 17 heavy (non-hydrogen) atoms. The molecule has 0 saturated heterocycles. The van der Waals surface area contributed by atoms with E-state index in [1.807, 2.05) is 0 Å². The van der Waals surface area contributed by atoms with Gasteiger partial charge in [0.05, 0.1) is 18.5 Å². The zero-order valence-electron chi connectivity index (χ0n) is 9.59. The van der Waals surface area contributed by atoms with Gasteiger partial charge in [-0.1, -0.05) is 5.16 Å². The van der Waals surface area contributed by atoms with Crippen LogP contribution in [0.5, 0.6) is 0 Å². The number of aliphatic hydroxyl groups is 1. The van der Waals surface area contributed by atoms with Gasteiger partial charge in [-0.25, -0.2) is 0 Å². The van der Waals surface area contributed by atoms with Crippen LogP contribution in [0.15, 0.2) is 4.52 Å². The van der Waals surface area contributed by atoms with Gasteiger partial charge in [-0.3, -0.25) is 4.79 Å². The number of hydrogen-bond donors (Lipinski definition) is 4. The second-order valence-corrected chi connectivity index (χ2v) is 3.62. The second-order valence-electron chi connectivity index (χ2n) is 3.62. The zero-order chi connectivity index (χ0) is 12.8. The topological polar surface area (TPSA) is 140 Å². The summed E-state index contributed by atoms with van der Waals surface area (Å²) in [5, 5.41) is 15.5. The fourth-order valence-corrected chi connectivity index (χ4v) is 1.38. The molecule has 6 N–H and O–H groups in total.